The quantitative estimate of drug-likeness (QED) is 0.0423. The van der Waals surface area contributed by atoms with Crippen LogP contribution in [-0.2, 0) is 28.6 Å². The predicted molar refractivity (Wildman–Crippen MR) is 174 cm³/mol. The first-order valence-corrected chi connectivity index (χ1v) is 16.5. The molecule has 0 spiro atoms. The van der Waals surface area contributed by atoms with Gasteiger partial charge in [-0.1, -0.05) is 82.4 Å². The molecule has 2 unspecified atom stereocenters. The SMILES string of the molecule is CC/C=C/C/C=C/CCC(=O)OC(COCCC(C(=O)O)[N+](C)(C)C)COC(=O)CCCCCCC/C=C/CCCCC. The van der Waals surface area contributed by atoms with Gasteiger partial charge in [-0.15, -0.1) is 0 Å². The summed E-state index contributed by atoms with van der Waals surface area (Å²) in [5.74, 6) is -1.58. The van der Waals surface area contributed by atoms with Crippen LogP contribution in [0.15, 0.2) is 36.5 Å². The van der Waals surface area contributed by atoms with Crippen LogP contribution in [0.1, 0.15) is 117 Å². The zero-order valence-electron chi connectivity index (χ0n) is 27.9. The minimum atomic E-state index is -0.888. The molecule has 8 heteroatoms. The fourth-order valence-corrected chi connectivity index (χ4v) is 4.44. The molecule has 0 aliphatic heterocycles. The van der Waals surface area contributed by atoms with E-state index in [0.717, 1.165) is 44.9 Å². The van der Waals surface area contributed by atoms with Crippen molar-refractivity contribution in [1.29, 1.82) is 0 Å². The third kappa shape index (κ3) is 25.7. The molecule has 248 valence electrons. The molecule has 0 aliphatic rings. The molecular formula is C35H62NO7+. The Balaban J connectivity index is 4.51. The van der Waals surface area contributed by atoms with Gasteiger partial charge in [0.15, 0.2) is 12.1 Å². The molecule has 2 atom stereocenters. The summed E-state index contributed by atoms with van der Waals surface area (Å²) in [6, 6.07) is -0.621. The topological polar surface area (TPSA) is 99.1 Å². The monoisotopic (exact) mass is 608 g/mol. The van der Waals surface area contributed by atoms with Crippen LogP contribution in [0, 0.1) is 0 Å². The average Bonchev–Trinajstić information content (AvgIpc) is 2.94. The Hall–Kier alpha value is -2.45. The molecule has 0 aromatic rings. The number of aliphatic carboxylic acids is 1. The predicted octanol–water partition coefficient (Wildman–Crippen LogP) is 7.57. The Morgan fingerprint density at radius 1 is 0.721 bits per heavy atom. The number of carboxylic acid groups (broad SMARTS) is 1. The number of unbranched alkanes of at least 4 members (excludes halogenated alkanes) is 8. The van der Waals surface area contributed by atoms with E-state index in [1.54, 1.807) is 0 Å². The van der Waals surface area contributed by atoms with Crippen molar-refractivity contribution in [2.45, 2.75) is 129 Å². The molecule has 0 rings (SSSR count). The first-order chi connectivity index (χ1) is 20.6. The minimum Gasteiger partial charge on any atom is -0.477 e. The number of likely N-dealkylation sites (N-methyl/N-ethyl adjacent to an activating group) is 1. The number of carboxylic acids is 1. The third-order valence-electron chi connectivity index (χ3n) is 7.04. The van der Waals surface area contributed by atoms with Crippen LogP contribution in [0.3, 0.4) is 0 Å². The van der Waals surface area contributed by atoms with E-state index in [1.165, 1.54) is 32.1 Å². The summed E-state index contributed by atoms with van der Waals surface area (Å²) in [6.45, 7) is 4.45. The zero-order chi connectivity index (χ0) is 32.2. The summed E-state index contributed by atoms with van der Waals surface area (Å²) in [7, 11) is 5.47. The number of carbonyl (C=O) groups excluding carboxylic acids is 2. The Morgan fingerprint density at radius 3 is 2.00 bits per heavy atom. The zero-order valence-corrected chi connectivity index (χ0v) is 27.9. The smallest absolute Gasteiger partial charge is 0.362 e. The maximum absolute atomic E-state index is 12.4. The van der Waals surface area contributed by atoms with Crippen LogP contribution in [-0.4, -0.2) is 80.6 Å². The van der Waals surface area contributed by atoms with Gasteiger partial charge in [0.2, 0.25) is 0 Å². The third-order valence-corrected chi connectivity index (χ3v) is 7.04. The summed E-state index contributed by atoms with van der Waals surface area (Å²) in [5, 5.41) is 9.52. The number of esters is 2. The van der Waals surface area contributed by atoms with Crippen LogP contribution in [0.4, 0.5) is 0 Å². The highest BCUT2D eigenvalue weighted by Gasteiger charge is 2.31. The standard InChI is InChI=1S/C35H61NO7/c1-6-8-10-12-14-15-16-17-18-20-21-23-25-33(37)42-30-31(29-41-28-27-32(35(39)40)36(3,4)5)43-34(38)26-24-22-19-13-11-9-7-2/h9,11,14-15,19,22,31-32H,6-8,10,12-13,16-18,20-21,23-30H2,1-5H3/p+1/b11-9+,15-14+,22-19+. The first-order valence-electron chi connectivity index (χ1n) is 16.5. The molecule has 0 amide bonds. The number of quaternary nitrogens is 1. The molecule has 0 heterocycles. The second-order valence-corrected chi connectivity index (χ2v) is 12.0. The molecule has 0 aliphatic carbocycles. The maximum atomic E-state index is 12.4. The Morgan fingerprint density at radius 2 is 1.35 bits per heavy atom. The van der Waals surface area contributed by atoms with Crippen molar-refractivity contribution >= 4 is 17.9 Å². The van der Waals surface area contributed by atoms with Gasteiger partial charge in [0.1, 0.15) is 6.61 Å². The molecule has 0 radical (unpaired) electrons. The van der Waals surface area contributed by atoms with Crippen molar-refractivity contribution in [3.63, 3.8) is 0 Å². The number of carbonyl (C=O) groups is 3. The Bertz CT molecular complexity index is 813. The highest BCUT2D eigenvalue weighted by Crippen LogP contribution is 2.11. The Kier molecular flexibility index (Phi) is 25.6. The van der Waals surface area contributed by atoms with E-state index < -0.39 is 18.1 Å². The van der Waals surface area contributed by atoms with Gasteiger partial charge < -0.3 is 23.8 Å². The van der Waals surface area contributed by atoms with Crippen molar-refractivity contribution in [3.8, 4) is 0 Å². The van der Waals surface area contributed by atoms with E-state index in [2.05, 4.69) is 38.2 Å². The molecule has 8 nitrogen and oxygen atoms in total. The normalized spacial score (nSPS) is 13.6. The van der Waals surface area contributed by atoms with E-state index in [-0.39, 0.29) is 42.7 Å². The van der Waals surface area contributed by atoms with E-state index in [1.807, 2.05) is 33.3 Å². The summed E-state index contributed by atoms with van der Waals surface area (Å²) in [5.41, 5.74) is 0. The van der Waals surface area contributed by atoms with Crippen molar-refractivity contribution < 1.29 is 38.2 Å². The number of hydrogen-bond acceptors (Lipinski definition) is 6. The van der Waals surface area contributed by atoms with Crippen molar-refractivity contribution in [2.24, 2.45) is 0 Å². The maximum Gasteiger partial charge on any atom is 0.362 e. The second-order valence-electron chi connectivity index (χ2n) is 12.0. The second kappa shape index (κ2) is 27.1. The van der Waals surface area contributed by atoms with E-state index in [9.17, 15) is 19.5 Å². The summed E-state index contributed by atoms with van der Waals surface area (Å²) < 4.78 is 17.0. The summed E-state index contributed by atoms with van der Waals surface area (Å²) in [4.78, 5) is 36.4. The lowest BCUT2D eigenvalue weighted by molar-refractivity contribution is -0.887. The van der Waals surface area contributed by atoms with Gasteiger partial charge in [0.05, 0.1) is 34.4 Å². The summed E-state index contributed by atoms with van der Waals surface area (Å²) >= 11 is 0. The van der Waals surface area contributed by atoms with Crippen molar-refractivity contribution in [2.75, 3.05) is 41.0 Å². The lowest BCUT2D eigenvalue weighted by atomic mass is 10.1. The van der Waals surface area contributed by atoms with E-state index in [4.69, 9.17) is 14.2 Å². The number of nitrogens with zero attached hydrogens (tertiary/aromatic N) is 1. The summed E-state index contributed by atoms with van der Waals surface area (Å²) in [6.07, 6.45) is 26.6. The fraction of sp³-hybridized carbons (Fsp3) is 0.743. The first kappa shape index (κ1) is 40.5. The number of hydrogen-bond donors (Lipinski definition) is 1. The van der Waals surface area contributed by atoms with Crippen LogP contribution in [0.5, 0.6) is 0 Å². The van der Waals surface area contributed by atoms with Crippen LogP contribution in [0.2, 0.25) is 0 Å². The molecule has 0 saturated carbocycles. The molecule has 0 aromatic heterocycles. The van der Waals surface area contributed by atoms with Gasteiger partial charge in [-0.25, -0.2) is 4.79 Å². The van der Waals surface area contributed by atoms with E-state index >= 15 is 0 Å². The van der Waals surface area contributed by atoms with Crippen LogP contribution >= 0.6 is 0 Å². The average molecular weight is 609 g/mol. The molecule has 1 N–H and O–H groups in total. The highest BCUT2D eigenvalue weighted by atomic mass is 16.6. The van der Waals surface area contributed by atoms with Crippen LogP contribution in [0.25, 0.3) is 0 Å². The molecule has 0 aromatic carbocycles. The number of rotatable bonds is 28. The fourth-order valence-electron chi connectivity index (χ4n) is 4.44. The van der Waals surface area contributed by atoms with Crippen molar-refractivity contribution in [3.05, 3.63) is 36.5 Å². The van der Waals surface area contributed by atoms with Gasteiger partial charge >= 0.3 is 17.9 Å². The van der Waals surface area contributed by atoms with Crippen LogP contribution < -0.4 is 0 Å². The molecule has 0 bridgehead atoms. The Labute approximate surface area is 262 Å². The minimum absolute atomic E-state index is 0.0349. The van der Waals surface area contributed by atoms with Crippen molar-refractivity contribution in [1.82, 2.24) is 0 Å². The molecular weight excluding hydrogens is 546 g/mol. The van der Waals surface area contributed by atoms with E-state index in [0.29, 0.717) is 19.3 Å². The van der Waals surface area contributed by atoms with Gasteiger partial charge in [0.25, 0.3) is 0 Å². The van der Waals surface area contributed by atoms with Gasteiger partial charge in [-0.05, 0) is 51.4 Å². The number of ether oxygens (including phenoxy) is 3. The molecule has 0 saturated heterocycles. The largest absolute Gasteiger partial charge is 0.477 e. The van der Waals surface area contributed by atoms with Gasteiger partial charge in [-0.3, -0.25) is 9.59 Å². The molecule has 0 fully saturated rings. The lowest BCUT2D eigenvalue weighted by Gasteiger charge is -2.31. The lowest BCUT2D eigenvalue weighted by Crippen LogP contribution is -2.50. The van der Waals surface area contributed by atoms with Gasteiger partial charge in [-0.2, -0.15) is 0 Å². The number of allylic oxidation sites excluding steroid dienone is 6. The highest BCUT2D eigenvalue weighted by molar-refractivity contribution is 5.72. The van der Waals surface area contributed by atoms with Gasteiger partial charge in [0, 0.05) is 19.3 Å². The molecule has 43 heavy (non-hydrogen) atoms.